The molecule has 1 atom stereocenters. The van der Waals surface area contributed by atoms with Crippen LogP contribution < -0.4 is 4.72 Å². The average molecular weight is 383 g/mol. The normalized spacial score (nSPS) is 13.7. The lowest BCUT2D eigenvalue weighted by atomic mass is 10.2. The zero-order chi connectivity index (χ0) is 18.0. The van der Waals surface area contributed by atoms with Gasteiger partial charge in [0.05, 0.1) is 11.4 Å². The third-order valence-corrected chi connectivity index (χ3v) is 4.49. The Labute approximate surface area is 140 Å². The van der Waals surface area contributed by atoms with Crippen LogP contribution in [-0.4, -0.2) is 19.6 Å². The van der Waals surface area contributed by atoms with Crippen molar-refractivity contribution in [2.45, 2.75) is 18.0 Å². The maximum Gasteiger partial charge on any atom is 0.410 e. The van der Waals surface area contributed by atoms with E-state index in [9.17, 15) is 26.0 Å². The number of rotatable bonds is 5. The van der Waals surface area contributed by atoms with Crippen LogP contribution in [-0.2, 0) is 15.8 Å². The minimum Gasteiger partial charge on any atom is -0.259 e. The second kappa shape index (κ2) is 7.04. The predicted octanol–water partition coefficient (Wildman–Crippen LogP) is 3.60. The number of aromatic nitrogens is 1. The molecule has 4 nitrogen and oxygen atoms in total. The summed E-state index contributed by atoms with van der Waals surface area (Å²) >= 11 is 5.55. The lowest BCUT2D eigenvalue weighted by molar-refractivity contribution is -0.153. The fourth-order valence-corrected chi connectivity index (χ4v) is 3.41. The lowest BCUT2D eigenvalue weighted by Crippen LogP contribution is -2.39. The van der Waals surface area contributed by atoms with Gasteiger partial charge in [-0.2, -0.15) is 17.9 Å². The van der Waals surface area contributed by atoms with Gasteiger partial charge < -0.3 is 0 Å². The van der Waals surface area contributed by atoms with Crippen LogP contribution in [0.2, 0.25) is 5.02 Å². The summed E-state index contributed by atoms with van der Waals surface area (Å²) in [5.41, 5.74) is -0.806. The second-order valence-corrected chi connectivity index (χ2v) is 7.03. The second-order valence-electron chi connectivity index (χ2n) is 4.84. The average Bonchev–Trinajstić information content (AvgIpc) is 2.48. The molecule has 1 aromatic heterocycles. The number of halogens is 5. The van der Waals surface area contributed by atoms with Crippen molar-refractivity contribution in [2.75, 3.05) is 0 Å². The maximum absolute atomic E-state index is 13.7. The third-order valence-electron chi connectivity index (χ3n) is 2.97. The molecule has 130 valence electrons. The van der Waals surface area contributed by atoms with Crippen LogP contribution in [0.1, 0.15) is 17.3 Å². The van der Waals surface area contributed by atoms with E-state index in [0.29, 0.717) is 0 Å². The molecular weight excluding hydrogens is 372 g/mol. The van der Waals surface area contributed by atoms with Crippen molar-refractivity contribution in [1.29, 1.82) is 0 Å². The zero-order valence-corrected chi connectivity index (χ0v) is 13.5. The number of benzene rings is 1. The number of hydrogen-bond acceptors (Lipinski definition) is 3. The summed E-state index contributed by atoms with van der Waals surface area (Å²) in [5, 5.41) is 0.0447. The van der Waals surface area contributed by atoms with E-state index < -0.39 is 39.5 Å². The van der Waals surface area contributed by atoms with E-state index in [0.717, 1.165) is 24.4 Å². The summed E-state index contributed by atoms with van der Waals surface area (Å²) in [4.78, 5) is 3.53. The van der Waals surface area contributed by atoms with Crippen LogP contribution in [0.25, 0.3) is 0 Å². The monoisotopic (exact) mass is 382 g/mol. The minimum atomic E-state index is -4.90. The van der Waals surface area contributed by atoms with Gasteiger partial charge >= 0.3 is 6.18 Å². The first kappa shape index (κ1) is 18.6. The van der Waals surface area contributed by atoms with Gasteiger partial charge in [0.15, 0.2) is 6.04 Å². The molecule has 24 heavy (non-hydrogen) atoms. The van der Waals surface area contributed by atoms with Crippen molar-refractivity contribution >= 4 is 21.6 Å². The Hall–Kier alpha value is -1.71. The Morgan fingerprint density at radius 3 is 2.46 bits per heavy atom. The molecule has 0 aliphatic rings. The van der Waals surface area contributed by atoms with Gasteiger partial charge in [-0.3, -0.25) is 4.98 Å². The molecule has 0 fully saturated rings. The van der Waals surface area contributed by atoms with E-state index in [1.807, 2.05) is 0 Å². The summed E-state index contributed by atoms with van der Waals surface area (Å²) in [7, 11) is -4.49. The number of nitrogens with zero attached hydrogens (tertiary/aromatic N) is 1. The first-order valence-electron chi connectivity index (χ1n) is 6.50. The molecule has 0 bridgehead atoms. The van der Waals surface area contributed by atoms with Crippen molar-refractivity contribution in [2.24, 2.45) is 0 Å². The van der Waals surface area contributed by atoms with E-state index in [1.165, 1.54) is 22.9 Å². The van der Waals surface area contributed by atoms with E-state index in [4.69, 9.17) is 11.6 Å². The molecule has 0 spiro atoms. The Morgan fingerprint density at radius 2 is 1.92 bits per heavy atom. The van der Waals surface area contributed by atoms with Gasteiger partial charge in [-0.05, 0) is 24.3 Å². The molecule has 2 aromatic rings. The summed E-state index contributed by atoms with van der Waals surface area (Å²) < 4.78 is 78.7. The fourth-order valence-electron chi connectivity index (χ4n) is 1.91. The van der Waals surface area contributed by atoms with E-state index in [2.05, 4.69) is 4.98 Å². The van der Waals surface area contributed by atoms with Gasteiger partial charge in [-0.1, -0.05) is 23.7 Å². The summed E-state index contributed by atoms with van der Waals surface area (Å²) in [5.74, 6) is -1.88. The molecule has 0 radical (unpaired) electrons. The van der Waals surface area contributed by atoms with Gasteiger partial charge in [0, 0.05) is 16.8 Å². The fraction of sp³-hybridized carbons (Fsp3) is 0.214. The molecule has 0 saturated heterocycles. The first-order valence-corrected chi connectivity index (χ1v) is 8.53. The molecule has 1 heterocycles. The Balaban J connectivity index is 2.28. The van der Waals surface area contributed by atoms with Gasteiger partial charge in [0.1, 0.15) is 5.82 Å². The molecule has 0 amide bonds. The van der Waals surface area contributed by atoms with Crippen LogP contribution in [0.15, 0.2) is 42.6 Å². The number of pyridine rings is 1. The lowest BCUT2D eigenvalue weighted by Gasteiger charge is -2.21. The van der Waals surface area contributed by atoms with Crippen LogP contribution in [0.4, 0.5) is 17.6 Å². The Kier molecular flexibility index (Phi) is 5.46. The molecule has 0 aliphatic carbocycles. The summed E-state index contributed by atoms with van der Waals surface area (Å²) in [6.45, 7) is 0. The predicted molar refractivity (Wildman–Crippen MR) is 80.2 cm³/mol. The summed E-state index contributed by atoms with van der Waals surface area (Å²) in [6.07, 6.45) is -3.79. The number of hydrogen-bond donors (Lipinski definition) is 1. The molecule has 1 N–H and O–H groups in total. The highest BCUT2D eigenvalue weighted by atomic mass is 35.5. The topological polar surface area (TPSA) is 59.1 Å². The number of nitrogens with one attached hydrogen (secondary N) is 1. The molecule has 2 rings (SSSR count). The van der Waals surface area contributed by atoms with Crippen molar-refractivity contribution in [1.82, 2.24) is 9.71 Å². The minimum absolute atomic E-state index is 0.0447. The van der Waals surface area contributed by atoms with Gasteiger partial charge in [0.2, 0.25) is 10.0 Å². The Morgan fingerprint density at radius 1 is 1.21 bits per heavy atom. The standard InChI is InChI=1S/C14H11ClF4N2O2S/c15-10-5-4-9(11(16)7-10)8-24(22,23)21-13(14(17,18)19)12-3-1-2-6-20-12/h1-7,13,21H,8H2. The molecule has 10 heteroatoms. The van der Waals surface area contributed by atoms with E-state index >= 15 is 0 Å². The van der Waals surface area contributed by atoms with Crippen molar-refractivity contribution < 1.29 is 26.0 Å². The van der Waals surface area contributed by atoms with E-state index in [1.54, 1.807) is 0 Å². The quantitative estimate of drug-likeness (QED) is 0.804. The zero-order valence-electron chi connectivity index (χ0n) is 11.9. The van der Waals surface area contributed by atoms with Crippen LogP contribution in [0.5, 0.6) is 0 Å². The van der Waals surface area contributed by atoms with Crippen LogP contribution in [0.3, 0.4) is 0 Å². The van der Waals surface area contributed by atoms with Crippen molar-refractivity contribution in [3.8, 4) is 0 Å². The highest BCUT2D eigenvalue weighted by molar-refractivity contribution is 7.88. The smallest absolute Gasteiger partial charge is 0.259 e. The molecule has 0 aliphatic heterocycles. The van der Waals surface area contributed by atoms with E-state index in [-0.39, 0.29) is 10.6 Å². The van der Waals surface area contributed by atoms with Crippen LogP contribution >= 0.6 is 11.6 Å². The van der Waals surface area contributed by atoms with Crippen LogP contribution in [0, 0.1) is 5.82 Å². The SMILES string of the molecule is O=S(=O)(Cc1ccc(Cl)cc1F)NC(c1ccccn1)C(F)(F)F. The Bertz CT molecular complexity index is 813. The summed E-state index contributed by atoms with van der Waals surface area (Å²) in [6, 6.07) is 4.44. The van der Waals surface area contributed by atoms with Crippen molar-refractivity contribution in [3.05, 3.63) is 64.7 Å². The van der Waals surface area contributed by atoms with Gasteiger partial charge in [-0.25, -0.2) is 12.8 Å². The molecule has 0 saturated carbocycles. The molecule has 1 unspecified atom stereocenters. The highest BCUT2D eigenvalue weighted by Crippen LogP contribution is 2.32. The number of alkyl halides is 3. The van der Waals surface area contributed by atoms with Gasteiger partial charge in [0.25, 0.3) is 0 Å². The third kappa shape index (κ3) is 4.89. The highest BCUT2D eigenvalue weighted by Gasteiger charge is 2.44. The maximum atomic E-state index is 13.7. The number of sulfonamides is 1. The van der Waals surface area contributed by atoms with Crippen molar-refractivity contribution in [3.63, 3.8) is 0 Å². The van der Waals surface area contributed by atoms with Gasteiger partial charge in [-0.15, -0.1) is 0 Å². The largest absolute Gasteiger partial charge is 0.410 e. The molecular formula is C14H11ClF4N2O2S. The molecule has 1 aromatic carbocycles. The first-order chi connectivity index (χ1) is 11.1.